The number of rotatable bonds is 10. The van der Waals surface area contributed by atoms with E-state index in [4.69, 9.17) is 10.5 Å². The number of carbonyl (C=O) groups excluding carboxylic acids is 1. The molecule has 1 fully saturated rings. The van der Waals surface area contributed by atoms with Crippen LogP contribution in [-0.2, 0) is 9.53 Å². The Kier molecular flexibility index (Phi) is 10.9. The zero-order valence-electron chi connectivity index (χ0n) is 11.0. The molecule has 1 saturated carbocycles. The second-order valence-corrected chi connectivity index (χ2v) is 5.54. The number of nitrogens with two attached hydrogens (primary N) is 1. The summed E-state index contributed by atoms with van der Waals surface area (Å²) in [6.07, 6.45) is 6.27. The highest BCUT2D eigenvalue weighted by atomic mass is 35.5. The predicted octanol–water partition coefficient (Wildman–Crippen LogP) is 1.42. The Hall–Kier alpha value is 0.0300. The maximum atomic E-state index is 11.5. The molecule has 0 aromatic rings. The zero-order valence-corrected chi connectivity index (χ0v) is 12.7. The standard InChI is InChI=1S/C12H24N2O2S.ClH/c1-17-8-5-11(13)12(15)14-6-2-7-16-9-10-3-4-10;/h10-11H,2-9,13H2,1H3,(H,14,15);1H/t11-;/m0./s1. The van der Waals surface area contributed by atoms with E-state index in [1.54, 1.807) is 11.8 Å². The Morgan fingerprint density at radius 3 is 2.89 bits per heavy atom. The van der Waals surface area contributed by atoms with Gasteiger partial charge in [-0.05, 0) is 43.6 Å². The molecule has 0 aromatic heterocycles. The molecule has 0 aromatic carbocycles. The molecule has 1 rings (SSSR count). The number of nitrogens with one attached hydrogen (secondary N) is 1. The summed E-state index contributed by atoms with van der Waals surface area (Å²) < 4.78 is 5.48. The molecule has 0 bridgehead atoms. The molecule has 1 amide bonds. The lowest BCUT2D eigenvalue weighted by molar-refractivity contribution is -0.122. The van der Waals surface area contributed by atoms with Gasteiger partial charge in [0.1, 0.15) is 0 Å². The minimum Gasteiger partial charge on any atom is -0.381 e. The molecule has 6 heteroatoms. The molecule has 0 heterocycles. The van der Waals surface area contributed by atoms with Crippen LogP contribution in [0.5, 0.6) is 0 Å². The summed E-state index contributed by atoms with van der Waals surface area (Å²) in [5, 5.41) is 2.84. The largest absolute Gasteiger partial charge is 0.381 e. The summed E-state index contributed by atoms with van der Waals surface area (Å²) in [4.78, 5) is 11.5. The molecule has 0 spiro atoms. The van der Waals surface area contributed by atoms with Crippen LogP contribution in [0.2, 0.25) is 0 Å². The molecular formula is C12H25ClN2O2S. The van der Waals surface area contributed by atoms with E-state index >= 15 is 0 Å². The average molecular weight is 297 g/mol. The normalized spacial score (nSPS) is 15.9. The molecular weight excluding hydrogens is 272 g/mol. The highest BCUT2D eigenvalue weighted by Crippen LogP contribution is 2.28. The van der Waals surface area contributed by atoms with Crippen LogP contribution in [-0.4, -0.2) is 43.7 Å². The van der Waals surface area contributed by atoms with Gasteiger partial charge >= 0.3 is 0 Å². The number of halogens is 1. The number of hydrogen-bond acceptors (Lipinski definition) is 4. The van der Waals surface area contributed by atoms with E-state index in [9.17, 15) is 4.79 Å². The molecule has 0 aliphatic heterocycles. The smallest absolute Gasteiger partial charge is 0.236 e. The number of ether oxygens (including phenoxy) is 1. The summed E-state index contributed by atoms with van der Waals surface area (Å²) in [7, 11) is 0. The van der Waals surface area contributed by atoms with E-state index in [1.807, 2.05) is 6.26 Å². The van der Waals surface area contributed by atoms with Crippen molar-refractivity contribution in [2.45, 2.75) is 31.7 Å². The van der Waals surface area contributed by atoms with Crippen LogP contribution < -0.4 is 11.1 Å². The summed E-state index contributed by atoms with van der Waals surface area (Å²) in [6, 6.07) is -0.366. The first-order valence-electron chi connectivity index (χ1n) is 6.34. The van der Waals surface area contributed by atoms with E-state index in [0.717, 1.165) is 37.7 Å². The fraction of sp³-hybridized carbons (Fsp3) is 0.917. The Balaban J connectivity index is 0.00000289. The van der Waals surface area contributed by atoms with E-state index in [1.165, 1.54) is 12.8 Å². The van der Waals surface area contributed by atoms with Crippen LogP contribution >= 0.6 is 24.2 Å². The van der Waals surface area contributed by atoms with Crippen molar-refractivity contribution < 1.29 is 9.53 Å². The Morgan fingerprint density at radius 2 is 2.28 bits per heavy atom. The lowest BCUT2D eigenvalue weighted by atomic mass is 10.2. The van der Waals surface area contributed by atoms with Crippen LogP contribution in [0.15, 0.2) is 0 Å². The Bertz CT molecular complexity index is 228. The maximum Gasteiger partial charge on any atom is 0.236 e. The average Bonchev–Trinajstić information content (AvgIpc) is 3.14. The van der Waals surface area contributed by atoms with Crippen LogP contribution in [0.4, 0.5) is 0 Å². The Labute approximate surface area is 120 Å². The van der Waals surface area contributed by atoms with Gasteiger partial charge in [0.2, 0.25) is 5.91 Å². The molecule has 1 atom stereocenters. The third-order valence-corrected chi connectivity index (χ3v) is 3.43. The number of carbonyl (C=O) groups is 1. The first kappa shape index (κ1) is 18.0. The SMILES string of the molecule is CSCC[C@H](N)C(=O)NCCCOCC1CC1.Cl. The summed E-state index contributed by atoms with van der Waals surface area (Å²) in [5.41, 5.74) is 5.74. The first-order chi connectivity index (χ1) is 8.24. The summed E-state index contributed by atoms with van der Waals surface area (Å²) in [6.45, 7) is 2.29. The van der Waals surface area contributed by atoms with Gasteiger partial charge in [0, 0.05) is 19.8 Å². The van der Waals surface area contributed by atoms with E-state index < -0.39 is 0 Å². The molecule has 4 nitrogen and oxygen atoms in total. The zero-order chi connectivity index (χ0) is 12.5. The molecule has 1 aliphatic rings. The number of amides is 1. The second-order valence-electron chi connectivity index (χ2n) is 4.55. The fourth-order valence-electron chi connectivity index (χ4n) is 1.43. The van der Waals surface area contributed by atoms with E-state index in [0.29, 0.717) is 6.54 Å². The lowest BCUT2D eigenvalue weighted by Crippen LogP contribution is -2.41. The third kappa shape index (κ3) is 9.03. The number of thioether (sulfide) groups is 1. The first-order valence-corrected chi connectivity index (χ1v) is 7.73. The highest BCUT2D eigenvalue weighted by Gasteiger charge is 2.20. The van der Waals surface area contributed by atoms with Gasteiger partial charge in [0.15, 0.2) is 0 Å². The van der Waals surface area contributed by atoms with Crippen LogP contribution in [0, 0.1) is 5.92 Å². The molecule has 1 aliphatic carbocycles. The number of hydrogen-bond donors (Lipinski definition) is 2. The van der Waals surface area contributed by atoms with Crippen LogP contribution in [0.25, 0.3) is 0 Å². The van der Waals surface area contributed by atoms with Crippen molar-refractivity contribution in [3.63, 3.8) is 0 Å². The minimum absolute atomic E-state index is 0. The quantitative estimate of drug-likeness (QED) is 0.599. The van der Waals surface area contributed by atoms with Gasteiger partial charge in [-0.2, -0.15) is 11.8 Å². The molecule has 0 saturated heterocycles. The molecule has 18 heavy (non-hydrogen) atoms. The molecule has 0 unspecified atom stereocenters. The molecule has 108 valence electrons. The van der Waals surface area contributed by atoms with Crippen molar-refractivity contribution in [1.82, 2.24) is 5.32 Å². The third-order valence-electron chi connectivity index (χ3n) is 2.78. The maximum absolute atomic E-state index is 11.5. The van der Waals surface area contributed by atoms with Crippen LogP contribution in [0.3, 0.4) is 0 Å². The van der Waals surface area contributed by atoms with E-state index in [2.05, 4.69) is 5.32 Å². The fourth-order valence-corrected chi connectivity index (χ4v) is 1.92. The summed E-state index contributed by atoms with van der Waals surface area (Å²) >= 11 is 1.71. The topological polar surface area (TPSA) is 64.4 Å². The van der Waals surface area contributed by atoms with Crippen molar-refractivity contribution in [2.75, 3.05) is 31.8 Å². The minimum atomic E-state index is -0.366. The highest BCUT2D eigenvalue weighted by molar-refractivity contribution is 7.98. The monoisotopic (exact) mass is 296 g/mol. The van der Waals surface area contributed by atoms with Crippen molar-refractivity contribution in [2.24, 2.45) is 11.7 Å². The van der Waals surface area contributed by atoms with Gasteiger partial charge in [-0.1, -0.05) is 0 Å². The van der Waals surface area contributed by atoms with Gasteiger partial charge in [0.25, 0.3) is 0 Å². The van der Waals surface area contributed by atoms with Crippen molar-refractivity contribution in [1.29, 1.82) is 0 Å². The van der Waals surface area contributed by atoms with Gasteiger partial charge in [-0.25, -0.2) is 0 Å². The van der Waals surface area contributed by atoms with Gasteiger partial charge < -0.3 is 15.8 Å². The van der Waals surface area contributed by atoms with Crippen LogP contribution in [0.1, 0.15) is 25.7 Å². The molecule has 0 radical (unpaired) electrons. The van der Waals surface area contributed by atoms with E-state index in [-0.39, 0.29) is 24.4 Å². The summed E-state index contributed by atoms with van der Waals surface area (Å²) in [5.74, 6) is 1.70. The predicted molar refractivity (Wildman–Crippen MR) is 79.4 cm³/mol. The van der Waals surface area contributed by atoms with Crippen molar-refractivity contribution in [3.8, 4) is 0 Å². The van der Waals surface area contributed by atoms with Crippen molar-refractivity contribution >= 4 is 30.1 Å². The van der Waals surface area contributed by atoms with Crippen molar-refractivity contribution in [3.05, 3.63) is 0 Å². The molecule has 3 N–H and O–H groups in total. The Morgan fingerprint density at radius 1 is 1.56 bits per heavy atom. The lowest BCUT2D eigenvalue weighted by Gasteiger charge is -2.11. The van der Waals surface area contributed by atoms with Gasteiger partial charge in [0.05, 0.1) is 6.04 Å². The second kappa shape index (κ2) is 10.9. The van der Waals surface area contributed by atoms with Gasteiger partial charge in [-0.3, -0.25) is 4.79 Å². The van der Waals surface area contributed by atoms with Gasteiger partial charge in [-0.15, -0.1) is 12.4 Å².